The molecule has 0 aliphatic carbocycles. The lowest BCUT2D eigenvalue weighted by Gasteiger charge is -2.36. The largest absolute Gasteiger partial charge is 0.497 e. The number of carbonyl (C=O) groups is 2. The molecular formula is C23H25F3N2O5. The van der Waals surface area contributed by atoms with Crippen molar-refractivity contribution >= 4 is 17.6 Å². The first-order chi connectivity index (χ1) is 15.8. The fraction of sp³-hybridized carbons (Fsp3) is 0.391. The van der Waals surface area contributed by atoms with E-state index in [0.29, 0.717) is 43.4 Å². The van der Waals surface area contributed by atoms with E-state index in [-0.39, 0.29) is 25.5 Å². The van der Waals surface area contributed by atoms with Crippen molar-refractivity contribution in [2.45, 2.75) is 12.6 Å². The van der Waals surface area contributed by atoms with Gasteiger partial charge in [0.15, 0.2) is 6.61 Å². The third-order valence-electron chi connectivity index (χ3n) is 5.16. The molecule has 1 amide bonds. The molecule has 0 aromatic heterocycles. The summed E-state index contributed by atoms with van der Waals surface area (Å²) >= 11 is 0. The highest BCUT2D eigenvalue weighted by molar-refractivity contribution is 5.81. The number of rotatable bonds is 8. The first-order valence-corrected chi connectivity index (χ1v) is 10.4. The van der Waals surface area contributed by atoms with Crippen molar-refractivity contribution in [1.82, 2.24) is 4.90 Å². The van der Waals surface area contributed by atoms with Crippen LogP contribution in [-0.4, -0.2) is 63.3 Å². The molecule has 0 bridgehead atoms. The summed E-state index contributed by atoms with van der Waals surface area (Å²) < 4.78 is 54.3. The maximum absolute atomic E-state index is 12.9. The van der Waals surface area contributed by atoms with Crippen LogP contribution in [0.5, 0.6) is 11.5 Å². The van der Waals surface area contributed by atoms with E-state index in [4.69, 9.17) is 14.2 Å². The number of halogens is 3. The molecule has 10 heteroatoms. The summed E-state index contributed by atoms with van der Waals surface area (Å²) in [6.45, 7) is 1.15. The molecule has 2 aromatic carbocycles. The number of benzene rings is 2. The molecule has 0 N–H and O–H groups in total. The second-order valence-corrected chi connectivity index (χ2v) is 7.35. The number of methoxy groups -OCH3 is 1. The molecule has 7 nitrogen and oxygen atoms in total. The number of amides is 1. The van der Waals surface area contributed by atoms with Crippen molar-refractivity contribution in [1.29, 1.82) is 0 Å². The molecule has 0 unspecified atom stereocenters. The number of alkyl halides is 3. The molecule has 0 radical (unpaired) electrons. The molecule has 1 saturated heterocycles. The number of esters is 1. The summed E-state index contributed by atoms with van der Waals surface area (Å²) in [6.07, 6.45) is -4.42. The maximum atomic E-state index is 12.9. The van der Waals surface area contributed by atoms with Crippen LogP contribution in [0.1, 0.15) is 12.0 Å². The van der Waals surface area contributed by atoms with E-state index in [1.165, 1.54) is 11.0 Å². The van der Waals surface area contributed by atoms with Gasteiger partial charge in [0.25, 0.3) is 5.91 Å². The zero-order valence-corrected chi connectivity index (χ0v) is 18.1. The SMILES string of the molecule is COc1ccc(OCCC(=O)OCC(=O)N2CCN(c3cccc(C(F)(F)F)c3)CC2)cc1. The van der Waals surface area contributed by atoms with Crippen LogP contribution in [0.25, 0.3) is 0 Å². The zero-order chi connectivity index (χ0) is 23.8. The highest BCUT2D eigenvalue weighted by Crippen LogP contribution is 2.31. The molecule has 3 rings (SSSR count). The van der Waals surface area contributed by atoms with E-state index in [2.05, 4.69) is 0 Å². The highest BCUT2D eigenvalue weighted by atomic mass is 19.4. The molecule has 1 fully saturated rings. The van der Waals surface area contributed by atoms with Crippen molar-refractivity contribution in [3.8, 4) is 11.5 Å². The van der Waals surface area contributed by atoms with Gasteiger partial charge in [-0.25, -0.2) is 0 Å². The number of hydrogen-bond donors (Lipinski definition) is 0. The number of nitrogens with zero attached hydrogens (tertiary/aromatic N) is 2. The van der Waals surface area contributed by atoms with Crippen molar-refractivity contribution in [3.63, 3.8) is 0 Å². The van der Waals surface area contributed by atoms with Crippen LogP contribution in [0, 0.1) is 0 Å². The molecular weight excluding hydrogens is 441 g/mol. The van der Waals surface area contributed by atoms with E-state index in [9.17, 15) is 22.8 Å². The van der Waals surface area contributed by atoms with E-state index in [1.807, 2.05) is 0 Å². The summed E-state index contributed by atoms with van der Waals surface area (Å²) in [5.74, 6) is 0.372. The molecule has 1 aliphatic rings. The number of anilines is 1. The Hall–Kier alpha value is -3.43. The Morgan fingerprint density at radius 3 is 2.27 bits per heavy atom. The van der Waals surface area contributed by atoms with Gasteiger partial charge in [0.2, 0.25) is 0 Å². The second-order valence-electron chi connectivity index (χ2n) is 7.35. The third kappa shape index (κ3) is 7.03. The Labute approximate surface area is 189 Å². The van der Waals surface area contributed by atoms with Crippen LogP contribution >= 0.6 is 0 Å². The third-order valence-corrected chi connectivity index (χ3v) is 5.16. The molecule has 0 atom stereocenters. The Kier molecular flexibility index (Phi) is 8.02. The molecule has 0 saturated carbocycles. The predicted octanol–water partition coefficient (Wildman–Crippen LogP) is 3.37. The van der Waals surface area contributed by atoms with Crippen LogP contribution < -0.4 is 14.4 Å². The van der Waals surface area contributed by atoms with Gasteiger partial charge in [0.05, 0.1) is 25.7 Å². The van der Waals surface area contributed by atoms with Gasteiger partial charge < -0.3 is 24.0 Å². The smallest absolute Gasteiger partial charge is 0.416 e. The van der Waals surface area contributed by atoms with Crippen molar-refractivity contribution < 1.29 is 37.0 Å². The monoisotopic (exact) mass is 466 g/mol. The van der Waals surface area contributed by atoms with Crippen LogP contribution in [0.4, 0.5) is 18.9 Å². The number of carbonyl (C=O) groups excluding carboxylic acids is 2. The van der Waals surface area contributed by atoms with Crippen LogP contribution in [0.2, 0.25) is 0 Å². The van der Waals surface area contributed by atoms with Gasteiger partial charge in [-0.15, -0.1) is 0 Å². The predicted molar refractivity (Wildman–Crippen MR) is 114 cm³/mol. The molecule has 1 heterocycles. The van der Waals surface area contributed by atoms with E-state index in [1.54, 1.807) is 42.3 Å². The zero-order valence-electron chi connectivity index (χ0n) is 18.1. The molecule has 178 valence electrons. The van der Waals surface area contributed by atoms with E-state index >= 15 is 0 Å². The lowest BCUT2D eigenvalue weighted by atomic mass is 10.1. The molecule has 33 heavy (non-hydrogen) atoms. The van der Waals surface area contributed by atoms with Crippen LogP contribution in [-0.2, 0) is 20.5 Å². The minimum Gasteiger partial charge on any atom is -0.497 e. The number of ether oxygens (including phenoxy) is 3. The van der Waals surface area contributed by atoms with Gasteiger partial charge in [-0.2, -0.15) is 13.2 Å². The number of piperazine rings is 1. The Balaban J connectivity index is 1.37. The number of hydrogen-bond acceptors (Lipinski definition) is 6. The van der Waals surface area contributed by atoms with Gasteiger partial charge in [-0.3, -0.25) is 9.59 Å². The van der Waals surface area contributed by atoms with E-state index in [0.717, 1.165) is 12.1 Å². The maximum Gasteiger partial charge on any atom is 0.416 e. The average molecular weight is 466 g/mol. The Morgan fingerprint density at radius 1 is 0.970 bits per heavy atom. The van der Waals surface area contributed by atoms with Crippen molar-refractivity contribution in [3.05, 3.63) is 54.1 Å². The topological polar surface area (TPSA) is 68.3 Å². The Morgan fingerprint density at radius 2 is 1.64 bits per heavy atom. The van der Waals surface area contributed by atoms with Gasteiger partial charge in [-0.05, 0) is 42.5 Å². The summed E-state index contributed by atoms with van der Waals surface area (Å²) in [5.41, 5.74) is -0.249. The van der Waals surface area contributed by atoms with Gasteiger partial charge in [0.1, 0.15) is 11.5 Å². The summed E-state index contributed by atoms with van der Waals surface area (Å²) in [5, 5.41) is 0. The van der Waals surface area contributed by atoms with Crippen molar-refractivity contribution in [2.24, 2.45) is 0 Å². The highest BCUT2D eigenvalue weighted by Gasteiger charge is 2.31. The first kappa shape index (κ1) is 24.2. The van der Waals surface area contributed by atoms with E-state index < -0.39 is 17.7 Å². The fourth-order valence-electron chi connectivity index (χ4n) is 3.32. The fourth-order valence-corrected chi connectivity index (χ4v) is 3.32. The average Bonchev–Trinajstić information content (AvgIpc) is 2.82. The van der Waals surface area contributed by atoms with Crippen LogP contribution in [0.3, 0.4) is 0 Å². The lowest BCUT2D eigenvalue weighted by molar-refractivity contribution is -0.152. The molecule has 1 aliphatic heterocycles. The second kappa shape index (κ2) is 10.9. The van der Waals surface area contributed by atoms with Gasteiger partial charge in [-0.1, -0.05) is 6.07 Å². The van der Waals surface area contributed by atoms with Gasteiger partial charge in [0, 0.05) is 31.9 Å². The lowest BCUT2D eigenvalue weighted by Crippen LogP contribution is -2.50. The quantitative estimate of drug-likeness (QED) is 0.556. The van der Waals surface area contributed by atoms with Gasteiger partial charge >= 0.3 is 12.1 Å². The molecule has 2 aromatic rings. The summed E-state index contributed by atoms with van der Waals surface area (Å²) in [6, 6.07) is 12.0. The minimum absolute atomic E-state index is 0.0113. The summed E-state index contributed by atoms with van der Waals surface area (Å²) in [7, 11) is 1.56. The summed E-state index contributed by atoms with van der Waals surface area (Å²) in [4.78, 5) is 27.5. The first-order valence-electron chi connectivity index (χ1n) is 10.4. The van der Waals surface area contributed by atoms with Crippen molar-refractivity contribution in [2.75, 3.05) is 51.4 Å². The minimum atomic E-state index is -4.41. The molecule has 0 spiro atoms. The van der Waals surface area contributed by atoms with Crippen LogP contribution in [0.15, 0.2) is 48.5 Å². The normalized spacial score (nSPS) is 14.1. The standard InChI is InChI=1S/C23H25F3N2O5/c1-31-19-5-7-20(8-6-19)32-14-9-22(30)33-16-21(29)28-12-10-27(11-13-28)18-4-2-3-17(15-18)23(24,25)26/h2-8,15H,9-14,16H2,1H3. The Bertz CT molecular complexity index is 942.